The number of rotatable bonds is 5. The average molecular weight is 643 g/mol. The molecule has 50 heavy (non-hydrogen) atoms. The number of aromatic nitrogens is 1. The van der Waals surface area contributed by atoms with Gasteiger partial charge in [-0.1, -0.05) is 133 Å². The van der Waals surface area contributed by atoms with E-state index >= 15 is 0 Å². The Bertz CT molecular complexity index is 2700. The van der Waals surface area contributed by atoms with Crippen LogP contribution in [0.25, 0.3) is 60.6 Å². The lowest BCUT2D eigenvalue weighted by atomic mass is 10.0. The van der Waals surface area contributed by atoms with Gasteiger partial charge in [-0.2, -0.15) is 0 Å². The average Bonchev–Trinajstić information content (AvgIpc) is 3.73. The molecule has 0 amide bonds. The zero-order valence-electron chi connectivity index (χ0n) is 27.0. The van der Waals surface area contributed by atoms with Crippen LogP contribution in [0.2, 0.25) is 0 Å². The molecule has 5 nitrogen and oxygen atoms in total. The van der Waals surface area contributed by atoms with E-state index in [0.717, 1.165) is 49.8 Å². The number of hydrogen-bond donors (Lipinski definition) is 1. The third kappa shape index (κ3) is 5.18. The minimum absolute atomic E-state index is 0.107. The van der Waals surface area contributed by atoms with Crippen molar-refractivity contribution >= 4 is 61.6 Å². The standard InChI is InChI=1S/C45H30N4O/c46-44(48-45(33-14-5-2-6-15-33)47-29-30-22-24-32(25-23-30)31-12-3-1-4-13-31)37-18-11-21-42-43(37)38-28-34(26-27-41(38)50-42)49-39-19-9-7-16-35(39)36-17-8-10-20-40(36)49/h1-29,46H. The van der Waals surface area contributed by atoms with Gasteiger partial charge in [0.15, 0.2) is 11.7 Å². The van der Waals surface area contributed by atoms with E-state index in [4.69, 9.17) is 14.4 Å². The van der Waals surface area contributed by atoms with Gasteiger partial charge in [0.1, 0.15) is 11.2 Å². The summed E-state index contributed by atoms with van der Waals surface area (Å²) in [5.74, 6) is 0.564. The van der Waals surface area contributed by atoms with Gasteiger partial charge in [0.05, 0.1) is 11.0 Å². The summed E-state index contributed by atoms with van der Waals surface area (Å²) in [7, 11) is 0. The molecule has 1 N–H and O–H groups in total. The molecular formula is C45H30N4O. The molecule has 0 spiro atoms. The van der Waals surface area contributed by atoms with Crippen molar-refractivity contribution in [2.45, 2.75) is 0 Å². The molecule has 2 aromatic heterocycles. The maximum atomic E-state index is 9.31. The maximum absolute atomic E-state index is 9.31. The van der Waals surface area contributed by atoms with Gasteiger partial charge in [-0.05, 0) is 53.1 Å². The first-order valence-electron chi connectivity index (χ1n) is 16.6. The largest absolute Gasteiger partial charge is 0.456 e. The molecule has 2 heterocycles. The van der Waals surface area contributed by atoms with Crippen molar-refractivity contribution in [3.05, 3.63) is 187 Å². The lowest BCUT2D eigenvalue weighted by Crippen LogP contribution is -2.05. The van der Waals surface area contributed by atoms with Crippen molar-refractivity contribution < 1.29 is 4.42 Å². The number of benzene rings is 7. The number of furan rings is 1. The Kier molecular flexibility index (Phi) is 7.21. The van der Waals surface area contributed by atoms with Crippen molar-refractivity contribution in [1.82, 2.24) is 4.57 Å². The van der Waals surface area contributed by atoms with E-state index in [1.54, 1.807) is 6.21 Å². The minimum Gasteiger partial charge on any atom is -0.456 e. The van der Waals surface area contributed by atoms with Crippen LogP contribution in [0.3, 0.4) is 0 Å². The van der Waals surface area contributed by atoms with Gasteiger partial charge in [-0.15, -0.1) is 0 Å². The van der Waals surface area contributed by atoms with Crippen molar-refractivity contribution in [2.24, 2.45) is 9.98 Å². The van der Waals surface area contributed by atoms with E-state index < -0.39 is 0 Å². The second-order valence-corrected chi connectivity index (χ2v) is 12.2. The van der Waals surface area contributed by atoms with Crippen LogP contribution in [-0.4, -0.2) is 22.5 Å². The molecule has 0 atom stereocenters. The number of nitrogens with one attached hydrogen (secondary N) is 1. The predicted octanol–water partition coefficient (Wildman–Crippen LogP) is 11.2. The fourth-order valence-corrected chi connectivity index (χ4v) is 6.80. The van der Waals surface area contributed by atoms with Crippen LogP contribution in [-0.2, 0) is 0 Å². The first-order valence-corrected chi connectivity index (χ1v) is 16.6. The van der Waals surface area contributed by atoms with Crippen LogP contribution in [0.5, 0.6) is 0 Å². The van der Waals surface area contributed by atoms with Crippen molar-refractivity contribution in [2.75, 3.05) is 0 Å². The highest BCUT2D eigenvalue weighted by molar-refractivity contribution is 6.21. The molecule has 0 aliphatic carbocycles. The van der Waals surface area contributed by atoms with Crippen LogP contribution in [0.1, 0.15) is 16.7 Å². The summed E-state index contributed by atoms with van der Waals surface area (Å²) in [6, 6.07) is 57.5. The normalized spacial score (nSPS) is 12.1. The van der Waals surface area contributed by atoms with Crippen molar-refractivity contribution in [3.8, 4) is 16.8 Å². The topological polar surface area (TPSA) is 66.6 Å². The number of fused-ring (bicyclic) bond motifs is 6. The van der Waals surface area contributed by atoms with Crippen LogP contribution >= 0.6 is 0 Å². The highest BCUT2D eigenvalue weighted by Gasteiger charge is 2.17. The van der Waals surface area contributed by atoms with Crippen LogP contribution < -0.4 is 0 Å². The fraction of sp³-hybridized carbons (Fsp3) is 0. The Labute approximate surface area is 288 Å². The fourth-order valence-electron chi connectivity index (χ4n) is 6.80. The summed E-state index contributed by atoms with van der Waals surface area (Å²) < 4.78 is 8.64. The highest BCUT2D eigenvalue weighted by atomic mass is 16.3. The number of aliphatic imine (C=N–C) groups is 2. The first-order chi connectivity index (χ1) is 24.7. The van der Waals surface area contributed by atoms with Gasteiger partial charge in [0, 0.05) is 44.6 Å². The van der Waals surface area contributed by atoms with Gasteiger partial charge in [0.25, 0.3) is 0 Å². The second-order valence-electron chi connectivity index (χ2n) is 12.2. The Balaban J connectivity index is 1.13. The zero-order chi connectivity index (χ0) is 33.4. The summed E-state index contributed by atoms with van der Waals surface area (Å²) in [6.45, 7) is 0. The Hall–Kier alpha value is -6.85. The summed E-state index contributed by atoms with van der Waals surface area (Å²) in [5.41, 5.74) is 9.52. The predicted molar refractivity (Wildman–Crippen MR) is 207 cm³/mol. The third-order valence-electron chi connectivity index (χ3n) is 9.18. The smallest absolute Gasteiger partial charge is 0.161 e. The molecule has 0 saturated heterocycles. The van der Waals surface area contributed by atoms with Gasteiger partial charge >= 0.3 is 0 Å². The SMILES string of the molecule is N=C(N=C(N=Cc1ccc(-c2ccccc2)cc1)c1ccccc1)c1cccc2oc3ccc(-n4c5ccccc5c5ccccc54)cc3c12. The summed E-state index contributed by atoms with van der Waals surface area (Å²) in [4.78, 5) is 9.67. The zero-order valence-corrected chi connectivity index (χ0v) is 27.0. The lowest BCUT2D eigenvalue weighted by Gasteiger charge is -2.08. The second kappa shape index (κ2) is 12.3. The molecule has 7 aromatic carbocycles. The Morgan fingerprint density at radius 1 is 0.560 bits per heavy atom. The van der Waals surface area contributed by atoms with Crippen molar-refractivity contribution in [1.29, 1.82) is 5.41 Å². The van der Waals surface area contributed by atoms with Gasteiger partial charge in [0.2, 0.25) is 0 Å². The van der Waals surface area contributed by atoms with Crippen molar-refractivity contribution in [3.63, 3.8) is 0 Å². The molecule has 5 heteroatoms. The third-order valence-corrected chi connectivity index (χ3v) is 9.18. The minimum atomic E-state index is 0.107. The molecule has 0 bridgehead atoms. The van der Waals surface area contributed by atoms with E-state index in [1.165, 1.54) is 16.3 Å². The Morgan fingerprint density at radius 3 is 1.92 bits per heavy atom. The Morgan fingerprint density at radius 2 is 1.20 bits per heavy atom. The summed E-state index contributed by atoms with van der Waals surface area (Å²) >= 11 is 0. The summed E-state index contributed by atoms with van der Waals surface area (Å²) in [5, 5.41) is 13.5. The van der Waals surface area contributed by atoms with E-state index in [2.05, 4.69) is 89.5 Å². The van der Waals surface area contributed by atoms with Crippen LogP contribution in [0.4, 0.5) is 0 Å². The van der Waals surface area contributed by atoms with E-state index in [-0.39, 0.29) is 5.84 Å². The highest BCUT2D eigenvalue weighted by Crippen LogP contribution is 2.36. The van der Waals surface area contributed by atoms with E-state index in [9.17, 15) is 5.41 Å². The first kappa shape index (κ1) is 29.3. The van der Waals surface area contributed by atoms with Gasteiger partial charge < -0.3 is 8.98 Å². The number of hydrogen-bond acceptors (Lipinski definition) is 2. The van der Waals surface area contributed by atoms with Crippen LogP contribution in [0, 0.1) is 5.41 Å². The quantitative estimate of drug-likeness (QED) is 0.147. The molecule has 9 aromatic rings. The lowest BCUT2D eigenvalue weighted by molar-refractivity contribution is 0.669. The van der Waals surface area contributed by atoms with Gasteiger partial charge in [-0.25, -0.2) is 9.98 Å². The molecule has 0 saturated carbocycles. The molecule has 0 unspecified atom stereocenters. The molecule has 0 radical (unpaired) electrons. The number of nitrogens with zero attached hydrogens (tertiary/aromatic N) is 3. The molecular weight excluding hydrogens is 613 g/mol. The van der Waals surface area contributed by atoms with Crippen LogP contribution in [0.15, 0.2) is 184 Å². The van der Waals surface area contributed by atoms with E-state index in [1.807, 2.05) is 84.9 Å². The number of para-hydroxylation sites is 2. The molecule has 9 rings (SSSR count). The molecule has 0 aliphatic heterocycles. The molecule has 236 valence electrons. The monoisotopic (exact) mass is 642 g/mol. The molecule has 0 aliphatic rings. The van der Waals surface area contributed by atoms with Gasteiger partial charge in [-0.3, -0.25) is 5.41 Å². The number of amidine groups is 2. The van der Waals surface area contributed by atoms with E-state index in [0.29, 0.717) is 17.0 Å². The summed E-state index contributed by atoms with van der Waals surface area (Å²) in [6.07, 6.45) is 1.81. The molecule has 0 fully saturated rings. The maximum Gasteiger partial charge on any atom is 0.161 e.